The molecule has 4 rings (SSSR count). The lowest BCUT2D eigenvalue weighted by atomic mass is 9.77. The second kappa shape index (κ2) is 7.77. The Morgan fingerprint density at radius 1 is 0.935 bits per heavy atom. The van der Waals surface area contributed by atoms with E-state index in [9.17, 15) is 4.79 Å². The molecule has 5 nitrogen and oxygen atoms in total. The Morgan fingerprint density at radius 2 is 1.52 bits per heavy atom. The molecule has 2 heterocycles. The number of hydrogen-bond donors (Lipinski definition) is 0. The van der Waals surface area contributed by atoms with Gasteiger partial charge in [0.2, 0.25) is 0 Å². The quantitative estimate of drug-likeness (QED) is 0.581. The Balaban J connectivity index is 1.36. The first-order valence-corrected chi connectivity index (χ1v) is 11.8. The molecule has 0 N–H and O–H groups in total. The smallest absolute Gasteiger partial charge is 0.410 e. The predicted molar refractivity (Wildman–Crippen MR) is 121 cm³/mol. The minimum Gasteiger partial charge on any atom is -0.443 e. The van der Waals surface area contributed by atoms with Crippen molar-refractivity contribution in [3.05, 3.63) is 35.4 Å². The topological polar surface area (TPSA) is 48.0 Å². The molecule has 1 unspecified atom stereocenters. The van der Waals surface area contributed by atoms with E-state index in [2.05, 4.69) is 65.8 Å². The zero-order valence-electron chi connectivity index (χ0n) is 20.1. The van der Waals surface area contributed by atoms with Crippen LogP contribution in [0.3, 0.4) is 0 Å². The van der Waals surface area contributed by atoms with Gasteiger partial charge in [0.15, 0.2) is 5.79 Å². The molecule has 172 valence electrons. The molecule has 3 aliphatic rings. The van der Waals surface area contributed by atoms with Gasteiger partial charge >= 0.3 is 6.09 Å². The van der Waals surface area contributed by atoms with Gasteiger partial charge < -0.3 is 19.1 Å². The van der Waals surface area contributed by atoms with Crippen LogP contribution in [0.1, 0.15) is 90.8 Å². The molecular weight excluding hydrogens is 390 g/mol. The van der Waals surface area contributed by atoms with E-state index in [4.69, 9.17) is 14.2 Å². The summed E-state index contributed by atoms with van der Waals surface area (Å²) in [5.74, 6) is -0.480. The van der Waals surface area contributed by atoms with Gasteiger partial charge in [0.1, 0.15) is 5.60 Å². The molecule has 1 aliphatic carbocycles. The van der Waals surface area contributed by atoms with E-state index in [1.165, 1.54) is 5.56 Å². The summed E-state index contributed by atoms with van der Waals surface area (Å²) in [5.41, 5.74) is 2.27. The van der Waals surface area contributed by atoms with Crippen molar-refractivity contribution in [2.24, 2.45) is 5.41 Å². The first-order chi connectivity index (χ1) is 14.4. The normalized spacial score (nSPS) is 26.0. The first kappa shape index (κ1) is 22.6. The zero-order valence-corrected chi connectivity index (χ0v) is 20.1. The number of carbonyl (C=O) groups is 1. The summed E-state index contributed by atoms with van der Waals surface area (Å²) in [6.07, 6.45) is 3.87. The molecule has 0 radical (unpaired) electrons. The highest BCUT2D eigenvalue weighted by atomic mass is 16.7. The van der Waals surface area contributed by atoms with Crippen LogP contribution in [0.25, 0.3) is 0 Å². The third-order valence-corrected chi connectivity index (χ3v) is 7.45. The molecule has 1 aromatic rings. The third-order valence-electron chi connectivity index (χ3n) is 7.45. The van der Waals surface area contributed by atoms with Crippen molar-refractivity contribution in [2.75, 3.05) is 19.8 Å². The maximum atomic E-state index is 13.0. The van der Waals surface area contributed by atoms with Crippen molar-refractivity contribution in [3.63, 3.8) is 0 Å². The fourth-order valence-corrected chi connectivity index (χ4v) is 4.97. The van der Waals surface area contributed by atoms with Crippen LogP contribution in [0.15, 0.2) is 24.3 Å². The van der Waals surface area contributed by atoms with Gasteiger partial charge in [0.25, 0.3) is 0 Å². The van der Waals surface area contributed by atoms with Crippen molar-refractivity contribution >= 4 is 6.09 Å². The van der Waals surface area contributed by atoms with Crippen LogP contribution in [0.5, 0.6) is 0 Å². The second-order valence-corrected chi connectivity index (χ2v) is 11.7. The van der Waals surface area contributed by atoms with E-state index in [-0.39, 0.29) is 28.6 Å². The van der Waals surface area contributed by atoms with E-state index in [1.807, 2.05) is 4.90 Å². The molecule has 1 saturated carbocycles. The van der Waals surface area contributed by atoms with Crippen molar-refractivity contribution in [3.8, 4) is 0 Å². The van der Waals surface area contributed by atoms with Crippen molar-refractivity contribution in [1.82, 2.24) is 4.90 Å². The van der Waals surface area contributed by atoms with E-state index in [1.54, 1.807) is 0 Å². The minimum atomic E-state index is -0.480. The maximum absolute atomic E-state index is 13.0. The molecule has 1 amide bonds. The molecule has 31 heavy (non-hydrogen) atoms. The highest BCUT2D eigenvalue weighted by Crippen LogP contribution is 2.47. The van der Waals surface area contributed by atoms with Gasteiger partial charge in [-0.05, 0) is 36.3 Å². The summed E-state index contributed by atoms with van der Waals surface area (Å²) in [5, 5.41) is 0. The highest BCUT2D eigenvalue weighted by molar-refractivity contribution is 5.70. The molecule has 2 saturated heterocycles. The average Bonchev–Trinajstić information content (AvgIpc) is 2.72. The zero-order chi connectivity index (χ0) is 22.5. The standard InChI is InChI=1S/C26H39NO4/c1-19(20-7-9-21(10-8-20)23(2,3)4)27-16-15-25(31-22(27)28)11-13-26(14-12-25)29-17-24(5,6)18-30-26/h7-10,19H,11-18H2,1-6H3. The third kappa shape index (κ3) is 4.63. The summed E-state index contributed by atoms with van der Waals surface area (Å²) in [6.45, 7) is 15.2. The van der Waals surface area contributed by atoms with E-state index in [0.29, 0.717) is 0 Å². The number of rotatable bonds is 2. The molecular formula is C26H39NO4. The van der Waals surface area contributed by atoms with Crippen molar-refractivity contribution in [1.29, 1.82) is 0 Å². The molecule has 0 bridgehead atoms. The van der Waals surface area contributed by atoms with E-state index in [0.717, 1.165) is 57.4 Å². The van der Waals surface area contributed by atoms with Crippen LogP contribution in [-0.2, 0) is 19.6 Å². The fraction of sp³-hybridized carbons (Fsp3) is 0.731. The summed E-state index contributed by atoms with van der Waals surface area (Å²) in [6, 6.07) is 8.64. The molecule has 1 aromatic carbocycles. The Hall–Kier alpha value is -1.59. The molecule has 0 aromatic heterocycles. The lowest BCUT2D eigenvalue weighted by molar-refractivity contribution is -0.320. The van der Waals surface area contributed by atoms with E-state index < -0.39 is 5.79 Å². The average molecular weight is 430 g/mol. The van der Waals surface area contributed by atoms with Gasteiger partial charge in [-0.3, -0.25) is 0 Å². The number of nitrogens with zero attached hydrogens (tertiary/aromatic N) is 1. The van der Waals surface area contributed by atoms with Crippen molar-refractivity contribution < 1.29 is 19.0 Å². The Morgan fingerprint density at radius 3 is 2.03 bits per heavy atom. The monoisotopic (exact) mass is 429 g/mol. The lowest BCUT2D eigenvalue weighted by Crippen LogP contribution is -2.56. The van der Waals surface area contributed by atoms with Crippen LogP contribution < -0.4 is 0 Å². The Labute approximate surface area is 187 Å². The number of hydrogen-bond acceptors (Lipinski definition) is 4. The maximum Gasteiger partial charge on any atom is 0.410 e. The number of amides is 1. The summed E-state index contributed by atoms with van der Waals surface area (Å²) in [4.78, 5) is 14.9. The van der Waals surface area contributed by atoms with E-state index >= 15 is 0 Å². The summed E-state index contributed by atoms with van der Waals surface area (Å²) in [7, 11) is 0. The van der Waals surface area contributed by atoms with Crippen LogP contribution in [0.4, 0.5) is 4.79 Å². The SMILES string of the molecule is CC(c1ccc(C(C)(C)C)cc1)N1CCC2(CCC3(CC2)OCC(C)(C)CO3)OC1=O. The number of carbonyl (C=O) groups excluding carboxylic acids is 1. The summed E-state index contributed by atoms with van der Waals surface area (Å²) < 4.78 is 18.4. The highest BCUT2D eigenvalue weighted by Gasteiger charge is 2.51. The van der Waals surface area contributed by atoms with Gasteiger partial charge in [0.05, 0.1) is 19.3 Å². The fourth-order valence-electron chi connectivity index (χ4n) is 4.97. The largest absolute Gasteiger partial charge is 0.443 e. The van der Waals surface area contributed by atoms with Crippen molar-refractivity contribution in [2.45, 2.75) is 96.5 Å². The van der Waals surface area contributed by atoms with Crippen LogP contribution in [0, 0.1) is 5.41 Å². The van der Waals surface area contributed by atoms with Gasteiger partial charge in [0, 0.05) is 31.2 Å². The number of benzene rings is 1. The van der Waals surface area contributed by atoms with Crippen LogP contribution in [-0.4, -0.2) is 42.1 Å². The minimum absolute atomic E-state index is 0.000966. The summed E-state index contributed by atoms with van der Waals surface area (Å²) >= 11 is 0. The Kier molecular flexibility index (Phi) is 5.66. The molecule has 3 fully saturated rings. The molecule has 5 heteroatoms. The van der Waals surface area contributed by atoms with Gasteiger partial charge in [-0.25, -0.2) is 4.79 Å². The van der Waals surface area contributed by atoms with Gasteiger partial charge in [-0.15, -0.1) is 0 Å². The lowest BCUT2D eigenvalue weighted by Gasteiger charge is -2.51. The molecule has 2 aliphatic heterocycles. The second-order valence-electron chi connectivity index (χ2n) is 11.7. The first-order valence-electron chi connectivity index (χ1n) is 11.8. The van der Waals surface area contributed by atoms with Gasteiger partial charge in [-0.1, -0.05) is 58.9 Å². The molecule has 1 atom stereocenters. The predicted octanol–water partition coefficient (Wildman–Crippen LogP) is 5.97. The van der Waals surface area contributed by atoms with Crippen LogP contribution in [0.2, 0.25) is 0 Å². The van der Waals surface area contributed by atoms with Gasteiger partial charge in [-0.2, -0.15) is 0 Å². The number of ether oxygens (including phenoxy) is 3. The Bertz CT molecular complexity index is 788. The van der Waals surface area contributed by atoms with Crippen LogP contribution >= 0.6 is 0 Å². The molecule has 2 spiro atoms.